The number of aromatic nitrogens is 1. The van der Waals surface area contributed by atoms with Crippen molar-refractivity contribution in [1.82, 2.24) is 9.47 Å². The van der Waals surface area contributed by atoms with Crippen LogP contribution in [-0.4, -0.2) is 36.3 Å². The predicted molar refractivity (Wildman–Crippen MR) is 87.4 cm³/mol. The molecule has 0 spiro atoms. The number of ether oxygens (including phenoxy) is 1. The van der Waals surface area contributed by atoms with Gasteiger partial charge in [-0.15, -0.1) is 0 Å². The van der Waals surface area contributed by atoms with Crippen LogP contribution in [0.3, 0.4) is 0 Å². The number of nitrogens with zero attached hydrogens (tertiary/aromatic N) is 2. The molecule has 2 N–H and O–H groups in total. The molecule has 1 aliphatic heterocycles. The van der Waals surface area contributed by atoms with Crippen molar-refractivity contribution in [2.75, 3.05) is 32.5 Å². The van der Waals surface area contributed by atoms with Gasteiger partial charge >= 0.3 is 0 Å². The van der Waals surface area contributed by atoms with E-state index in [1.807, 2.05) is 6.07 Å². The number of anilines is 1. The molecule has 3 rings (SSSR count). The molecule has 0 amide bonds. The monoisotopic (exact) mass is 287 g/mol. The quantitative estimate of drug-likeness (QED) is 0.860. The second-order valence-corrected chi connectivity index (χ2v) is 5.95. The molecule has 21 heavy (non-hydrogen) atoms. The van der Waals surface area contributed by atoms with Crippen LogP contribution in [0.2, 0.25) is 0 Å². The molecule has 0 bridgehead atoms. The lowest BCUT2D eigenvalue weighted by molar-refractivity contribution is 0.188. The van der Waals surface area contributed by atoms with Crippen LogP contribution in [0.5, 0.6) is 0 Å². The van der Waals surface area contributed by atoms with E-state index in [1.54, 1.807) is 7.11 Å². The first-order valence-electron chi connectivity index (χ1n) is 7.86. The summed E-state index contributed by atoms with van der Waals surface area (Å²) in [6, 6.07) is 6.24. The lowest BCUT2D eigenvalue weighted by Crippen LogP contribution is -2.28. The van der Waals surface area contributed by atoms with Gasteiger partial charge in [0.05, 0.1) is 12.1 Å². The van der Waals surface area contributed by atoms with Crippen molar-refractivity contribution in [3.63, 3.8) is 0 Å². The van der Waals surface area contributed by atoms with Crippen molar-refractivity contribution < 1.29 is 4.74 Å². The number of methoxy groups -OCH3 is 1. The van der Waals surface area contributed by atoms with Gasteiger partial charge in [0.15, 0.2) is 0 Å². The molecule has 1 aromatic carbocycles. The Balaban J connectivity index is 1.89. The summed E-state index contributed by atoms with van der Waals surface area (Å²) in [6.07, 6.45) is 6.31. The summed E-state index contributed by atoms with van der Waals surface area (Å²) in [7, 11) is 1.74. The van der Waals surface area contributed by atoms with E-state index in [9.17, 15) is 0 Å². The molecule has 0 atom stereocenters. The van der Waals surface area contributed by atoms with E-state index in [0.717, 1.165) is 25.4 Å². The molecule has 1 fully saturated rings. The molecule has 0 saturated carbocycles. The molecular formula is C17H25N3O. The minimum Gasteiger partial charge on any atom is -0.399 e. The molecule has 0 aliphatic carbocycles. The first-order valence-corrected chi connectivity index (χ1v) is 7.86. The highest BCUT2D eigenvalue weighted by Gasteiger charge is 2.14. The second kappa shape index (κ2) is 6.50. The van der Waals surface area contributed by atoms with Crippen LogP contribution in [0.1, 0.15) is 24.8 Å². The first kappa shape index (κ1) is 14.4. The van der Waals surface area contributed by atoms with Gasteiger partial charge in [-0.1, -0.05) is 12.5 Å². The van der Waals surface area contributed by atoms with Gasteiger partial charge < -0.3 is 15.0 Å². The Bertz CT molecular complexity index is 599. The number of rotatable bonds is 5. The summed E-state index contributed by atoms with van der Waals surface area (Å²) in [4.78, 5) is 2.56. The predicted octanol–water partition coefficient (Wildman–Crippen LogP) is 2.86. The highest BCUT2D eigenvalue weighted by Crippen LogP contribution is 2.26. The van der Waals surface area contributed by atoms with Crippen LogP contribution < -0.4 is 5.73 Å². The third kappa shape index (κ3) is 3.22. The SMILES string of the molecule is COCCn1cc(CN2CCCCC2)c2ccc(N)cc21. The zero-order valence-corrected chi connectivity index (χ0v) is 12.8. The number of hydrogen-bond acceptors (Lipinski definition) is 3. The van der Waals surface area contributed by atoms with Gasteiger partial charge in [0.25, 0.3) is 0 Å². The number of nitrogens with two attached hydrogens (primary N) is 1. The topological polar surface area (TPSA) is 43.4 Å². The van der Waals surface area contributed by atoms with Gasteiger partial charge in [0.1, 0.15) is 0 Å². The summed E-state index contributed by atoms with van der Waals surface area (Å²) in [5.74, 6) is 0. The van der Waals surface area contributed by atoms with Gasteiger partial charge in [-0.25, -0.2) is 0 Å². The fourth-order valence-electron chi connectivity index (χ4n) is 3.24. The molecule has 114 valence electrons. The van der Waals surface area contributed by atoms with Gasteiger partial charge in [-0.05, 0) is 43.6 Å². The van der Waals surface area contributed by atoms with E-state index in [1.165, 1.54) is 48.8 Å². The van der Waals surface area contributed by atoms with Crippen molar-refractivity contribution in [2.45, 2.75) is 32.4 Å². The highest BCUT2D eigenvalue weighted by molar-refractivity contribution is 5.86. The lowest BCUT2D eigenvalue weighted by atomic mass is 10.1. The Morgan fingerprint density at radius 3 is 2.76 bits per heavy atom. The van der Waals surface area contributed by atoms with Gasteiger partial charge in [0.2, 0.25) is 0 Å². The van der Waals surface area contributed by atoms with Crippen LogP contribution in [0.25, 0.3) is 10.9 Å². The second-order valence-electron chi connectivity index (χ2n) is 5.95. The van der Waals surface area contributed by atoms with Crippen LogP contribution in [-0.2, 0) is 17.8 Å². The minimum absolute atomic E-state index is 0.724. The number of piperidine rings is 1. The third-order valence-corrected chi connectivity index (χ3v) is 4.37. The Hall–Kier alpha value is -1.52. The third-order valence-electron chi connectivity index (χ3n) is 4.37. The fraction of sp³-hybridized carbons (Fsp3) is 0.529. The number of fused-ring (bicyclic) bond motifs is 1. The maximum atomic E-state index is 5.96. The van der Waals surface area contributed by atoms with Crippen LogP contribution in [0, 0.1) is 0 Å². The van der Waals surface area contributed by atoms with E-state index in [4.69, 9.17) is 10.5 Å². The number of hydrogen-bond donors (Lipinski definition) is 1. The molecular weight excluding hydrogens is 262 g/mol. The molecule has 1 saturated heterocycles. The maximum Gasteiger partial charge on any atom is 0.0641 e. The van der Waals surface area contributed by atoms with Crippen LogP contribution in [0.4, 0.5) is 5.69 Å². The lowest BCUT2D eigenvalue weighted by Gasteiger charge is -2.26. The molecule has 4 heteroatoms. The molecule has 0 unspecified atom stereocenters. The molecule has 1 aromatic heterocycles. The van der Waals surface area contributed by atoms with Crippen molar-refractivity contribution in [3.05, 3.63) is 30.0 Å². The standard InChI is InChI=1S/C17H25N3O/c1-21-10-9-20-13-14(12-19-7-3-2-4-8-19)16-6-5-15(18)11-17(16)20/h5-6,11,13H,2-4,7-10,12,18H2,1H3. The average molecular weight is 287 g/mol. The van der Waals surface area contributed by atoms with Crippen molar-refractivity contribution >= 4 is 16.6 Å². The van der Waals surface area contributed by atoms with Gasteiger partial charge in [-0.3, -0.25) is 4.90 Å². The van der Waals surface area contributed by atoms with E-state index >= 15 is 0 Å². The normalized spacial score (nSPS) is 16.6. The highest BCUT2D eigenvalue weighted by atomic mass is 16.5. The number of benzene rings is 1. The number of nitrogen functional groups attached to an aromatic ring is 1. The Labute approximate surface area is 126 Å². The van der Waals surface area contributed by atoms with Crippen molar-refractivity contribution in [3.8, 4) is 0 Å². The summed E-state index contributed by atoms with van der Waals surface area (Å²) in [5, 5.41) is 1.32. The van der Waals surface area contributed by atoms with Crippen molar-refractivity contribution in [2.24, 2.45) is 0 Å². The summed E-state index contributed by atoms with van der Waals surface area (Å²) >= 11 is 0. The van der Waals surface area contributed by atoms with E-state index in [0.29, 0.717) is 0 Å². The van der Waals surface area contributed by atoms with E-state index in [2.05, 4.69) is 27.8 Å². The zero-order chi connectivity index (χ0) is 14.7. The first-order chi connectivity index (χ1) is 10.3. The number of likely N-dealkylation sites (tertiary alicyclic amines) is 1. The molecule has 1 aliphatic rings. The summed E-state index contributed by atoms with van der Waals surface area (Å²) < 4.78 is 7.49. The Morgan fingerprint density at radius 2 is 2.00 bits per heavy atom. The Morgan fingerprint density at radius 1 is 1.19 bits per heavy atom. The average Bonchev–Trinajstić information content (AvgIpc) is 2.83. The Kier molecular flexibility index (Phi) is 4.46. The van der Waals surface area contributed by atoms with E-state index < -0.39 is 0 Å². The van der Waals surface area contributed by atoms with Crippen LogP contribution >= 0.6 is 0 Å². The van der Waals surface area contributed by atoms with E-state index in [-0.39, 0.29) is 0 Å². The summed E-state index contributed by atoms with van der Waals surface area (Å²) in [5.41, 5.74) is 9.41. The summed E-state index contributed by atoms with van der Waals surface area (Å²) in [6.45, 7) is 5.08. The fourth-order valence-corrected chi connectivity index (χ4v) is 3.24. The molecule has 2 heterocycles. The van der Waals surface area contributed by atoms with Gasteiger partial charge in [-0.2, -0.15) is 0 Å². The maximum absolute atomic E-state index is 5.96. The van der Waals surface area contributed by atoms with Gasteiger partial charge in [0, 0.05) is 37.5 Å². The molecule has 2 aromatic rings. The molecule has 4 nitrogen and oxygen atoms in total. The molecule has 0 radical (unpaired) electrons. The van der Waals surface area contributed by atoms with Crippen molar-refractivity contribution in [1.29, 1.82) is 0 Å². The zero-order valence-electron chi connectivity index (χ0n) is 12.8. The largest absolute Gasteiger partial charge is 0.399 e. The minimum atomic E-state index is 0.724. The smallest absolute Gasteiger partial charge is 0.0641 e. The van der Waals surface area contributed by atoms with Crippen LogP contribution in [0.15, 0.2) is 24.4 Å².